The Morgan fingerprint density at radius 2 is 1.85 bits per heavy atom. The molecule has 0 aliphatic heterocycles. The van der Waals surface area contributed by atoms with E-state index in [1.165, 1.54) is 0 Å². The predicted molar refractivity (Wildman–Crippen MR) is 55.3 cm³/mol. The van der Waals surface area contributed by atoms with Gasteiger partial charge in [0.25, 0.3) is 0 Å². The molecule has 68 valence electrons. The predicted octanol–water partition coefficient (Wildman–Crippen LogP) is 3.75. The van der Waals surface area contributed by atoms with Crippen LogP contribution in [0.25, 0.3) is 0 Å². The minimum absolute atomic E-state index is 0.531. The molecule has 4 heteroatoms. The average molecular weight is 235 g/mol. The number of nitriles is 1. The molecule has 1 rings (SSSR count). The van der Waals surface area contributed by atoms with Crippen molar-refractivity contribution in [1.29, 1.82) is 5.26 Å². The molecule has 0 heterocycles. The molecule has 0 aromatic heterocycles. The quantitative estimate of drug-likeness (QED) is 0.715. The molecule has 0 N–H and O–H groups in total. The second kappa shape index (κ2) is 4.72. The summed E-state index contributed by atoms with van der Waals surface area (Å²) in [5.41, 5.74) is 0.687. The summed E-state index contributed by atoms with van der Waals surface area (Å²) < 4.78 is 0. The van der Waals surface area contributed by atoms with Gasteiger partial charge in [-0.05, 0) is 11.6 Å². The number of hydrogen-bond donors (Lipinski definition) is 0. The number of hydrogen-bond acceptors (Lipinski definition) is 1. The lowest BCUT2D eigenvalue weighted by Gasteiger charge is -2.11. The SMILES string of the molecule is N#CC(Cl)C(Cl)c1ccccc1Cl. The molecule has 1 aromatic rings. The summed E-state index contributed by atoms with van der Waals surface area (Å²) in [5, 5.41) is 7.75. The lowest BCUT2D eigenvalue weighted by atomic mass is 10.1. The van der Waals surface area contributed by atoms with Gasteiger partial charge in [-0.15, -0.1) is 23.2 Å². The third kappa shape index (κ3) is 2.51. The largest absolute Gasteiger partial charge is 0.197 e. The van der Waals surface area contributed by atoms with E-state index in [0.717, 1.165) is 0 Å². The third-order valence-electron chi connectivity index (χ3n) is 1.58. The number of benzene rings is 1. The topological polar surface area (TPSA) is 23.8 Å². The van der Waals surface area contributed by atoms with Crippen molar-refractivity contribution in [2.75, 3.05) is 0 Å². The molecule has 13 heavy (non-hydrogen) atoms. The Kier molecular flexibility index (Phi) is 3.87. The van der Waals surface area contributed by atoms with E-state index in [1.807, 2.05) is 6.07 Å². The zero-order valence-corrected chi connectivity index (χ0v) is 8.81. The number of rotatable bonds is 2. The Morgan fingerprint density at radius 1 is 1.23 bits per heavy atom. The maximum Gasteiger partial charge on any atom is 0.141 e. The molecule has 0 amide bonds. The van der Waals surface area contributed by atoms with E-state index in [-0.39, 0.29) is 0 Å². The average Bonchev–Trinajstić information content (AvgIpc) is 2.16. The highest BCUT2D eigenvalue weighted by atomic mass is 35.5. The van der Waals surface area contributed by atoms with Crippen LogP contribution in [0.3, 0.4) is 0 Å². The zero-order chi connectivity index (χ0) is 9.84. The fraction of sp³-hybridized carbons (Fsp3) is 0.222. The van der Waals surface area contributed by atoms with Crippen molar-refractivity contribution in [2.24, 2.45) is 0 Å². The van der Waals surface area contributed by atoms with Crippen molar-refractivity contribution in [3.05, 3.63) is 34.9 Å². The van der Waals surface area contributed by atoms with Gasteiger partial charge in [0.2, 0.25) is 0 Å². The molecule has 0 spiro atoms. The maximum atomic E-state index is 8.55. The molecule has 0 aliphatic rings. The van der Waals surface area contributed by atoms with Crippen LogP contribution in [0.4, 0.5) is 0 Å². The Morgan fingerprint density at radius 3 is 2.38 bits per heavy atom. The molecule has 0 fully saturated rings. The summed E-state index contributed by atoms with van der Waals surface area (Å²) >= 11 is 17.5. The fourth-order valence-electron chi connectivity index (χ4n) is 0.922. The normalized spacial score (nSPS) is 14.6. The number of halogens is 3. The second-order valence-electron chi connectivity index (χ2n) is 2.45. The molecule has 0 aliphatic carbocycles. The summed E-state index contributed by atoms with van der Waals surface area (Å²) in [6.07, 6.45) is 0. The smallest absolute Gasteiger partial charge is 0.141 e. The van der Waals surface area contributed by atoms with Gasteiger partial charge in [-0.25, -0.2) is 0 Å². The minimum Gasteiger partial charge on any atom is -0.197 e. The van der Waals surface area contributed by atoms with Crippen molar-refractivity contribution < 1.29 is 0 Å². The van der Waals surface area contributed by atoms with E-state index in [2.05, 4.69) is 0 Å². The molecular weight excluding hydrogens is 228 g/mol. The van der Waals surface area contributed by atoms with Crippen molar-refractivity contribution in [2.45, 2.75) is 10.8 Å². The summed E-state index contributed by atoms with van der Waals surface area (Å²) in [6, 6.07) is 8.94. The van der Waals surface area contributed by atoms with E-state index in [0.29, 0.717) is 10.6 Å². The second-order valence-corrected chi connectivity index (χ2v) is 3.80. The van der Waals surface area contributed by atoms with Crippen LogP contribution in [-0.2, 0) is 0 Å². The van der Waals surface area contributed by atoms with Gasteiger partial charge in [0.05, 0.1) is 11.4 Å². The summed E-state index contributed by atoms with van der Waals surface area (Å²) in [5.74, 6) is 0. The van der Waals surface area contributed by atoms with Crippen molar-refractivity contribution in [3.63, 3.8) is 0 Å². The highest BCUT2D eigenvalue weighted by molar-refractivity contribution is 6.35. The first-order valence-corrected chi connectivity index (χ1v) is 4.84. The lowest BCUT2D eigenvalue weighted by molar-refractivity contribution is 0.974. The maximum absolute atomic E-state index is 8.55. The first kappa shape index (κ1) is 10.7. The molecule has 0 radical (unpaired) electrons. The highest BCUT2D eigenvalue weighted by Gasteiger charge is 2.19. The number of nitrogens with zero attached hydrogens (tertiary/aromatic N) is 1. The minimum atomic E-state index is -0.762. The van der Waals surface area contributed by atoms with Crippen LogP contribution in [0.1, 0.15) is 10.9 Å². The Balaban J connectivity index is 2.96. The highest BCUT2D eigenvalue weighted by Crippen LogP contribution is 2.32. The van der Waals surface area contributed by atoms with E-state index >= 15 is 0 Å². The molecule has 1 nitrogen and oxygen atoms in total. The molecule has 2 atom stereocenters. The van der Waals surface area contributed by atoms with Crippen molar-refractivity contribution >= 4 is 34.8 Å². The summed E-state index contributed by atoms with van der Waals surface area (Å²) in [4.78, 5) is 0. The van der Waals surface area contributed by atoms with Crippen LogP contribution in [0, 0.1) is 11.3 Å². The lowest BCUT2D eigenvalue weighted by Crippen LogP contribution is -2.04. The van der Waals surface area contributed by atoms with E-state index in [9.17, 15) is 0 Å². The third-order valence-corrected chi connectivity index (χ3v) is 2.89. The van der Waals surface area contributed by atoms with Gasteiger partial charge >= 0.3 is 0 Å². The van der Waals surface area contributed by atoms with Crippen LogP contribution in [-0.4, -0.2) is 5.38 Å². The van der Waals surface area contributed by atoms with Gasteiger partial charge in [0.1, 0.15) is 5.38 Å². The van der Waals surface area contributed by atoms with Crippen LogP contribution < -0.4 is 0 Å². The van der Waals surface area contributed by atoms with E-state index in [1.54, 1.807) is 24.3 Å². The van der Waals surface area contributed by atoms with Crippen LogP contribution in [0.15, 0.2) is 24.3 Å². The van der Waals surface area contributed by atoms with Gasteiger partial charge in [-0.1, -0.05) is 29.8 Å². The van der Waals surface area contributed by atoms with E-state index in [4.69, 9.17) is 40.1 Å². The monoisotopic (exact) mass is 233 g/mol. The Hall–Kier alpha value is -0.420. The first-order chi connectivity index (χ1) is 6.16. The molecule has 0 bridgehead atoms. The van der Waals surface area contributed by atoms with Gasteiger partial charge in [-0.3, -0.25) is 0 Å². The Labute approximate surface area is 91.8 Å². The van der Waals surface area contributed by atoms with Crippen LogP contribution >= 0.6 is 34.8 Å². The molecule has 0 saturated carbocycles. The van der Waals surface area contributed by atoms with Gasteiger partial charge in [0, 0.05) is 5.02 Å². The summed E-state index contributed by atoms with van der Waals surface area (Å²) in [6.45, 7) is 0. The number of alkyl halides is 2. The van der Waals surface area contributed by atoms with Gasteiger partial charge in [-0.2, -0.15) is 5.26 Å². The van der Waals surface area contributed by atoms with Crippen LogP contribution in [0.5, 0.6) is 0 Å². The van der Waals surface area contributed by atoms with Gasteiger partial charge < -0.3 is 0 Å². The standard InChI is InChI=1S/C9H6Cl3N/c10-7-4-2-1-3-6(7)9(12)8(11)5-13/h1-4,8-9H. The zero-order valence-electron chi connectivity index (χ0n) is 6.55. The van der Waals surface area contributed by atoms with Crippen LogP contribution in [0.2, 0.25) is 5.02 Å². The van der Waals surface area contributed by atoms with Gasteiger partial charge in [0.15, 0.2) is 0 Å². The summed E-state index contributed by atoms with van der Waals surface area (Å²) in [7, 11) is 0. The Bertz CT molecular complexity index is 332. The molecular formula is C9H6Cl3N. The molecule has 0 saturated heterocycles. The van der Waals surface area contributed by atoms with E-state index < -0.39 is 10.8 Å². The molecule has 1 aromatic carbocycles. The van der Waals surface area contributed by atoms with Crippen molar-refractivity contribution in [3.8, 4) is 6.07 Å². The fourth-order valence-corrected chi connectivity index (χ4v) is 1.61. The van der Waals surface area contributed by atoms with Crippen molar-refractivity contribution in [1.82, 2.24) is 0 Å². The molecule has 2 unspecified atom stereocenters. The first-order valence-electron chi connectivity index (χ1n) is 3.59.